The van der Waals surface area contributed by atoms with E-state index in [1.54, 1.807) is 4.90 Å². The van der Waals surface area contributed by atoms with Gasteiger partial charge >= 0.3 is 5.97 Å². The molecule has 8 heteroatoms. The molecule has 8 nitrogen and oxygen atoms in total. The van der Waals surface area contributed by atoms with Crippen LogP contribution in [0.15, 0.2) is 29.5 Å². The van der Waals surface area contributed by atoms with E-state index in [1.807, 2.05) is 25.1 Å². The van der Waals surface area contributed by atoms with Crippen molar-refractivity contribution >= 4 is 29.2 Å². The molecule has 2 aliphatic rings. The minimum Gasteiger partial charge on any atom is -0.466 e. The van der Waals surface area contributed by atoms with Gasteiger partial charge in [-0.25, -0.2) is 4.79 Å². The summed E-state index contributed by atoms with van der Waals surface area (Å²) in [5.74, 6) is -0.883. The standard InChI is InChI=1S/C19H23N3O5/c1-12-5-6-13(22-7-3-4-16(22)24)10-15(12)20-17-14(19(26)27-2)11-21(8-9-23)18(17)25/h5-6,10,20,23H,3-4,7-9,11H2,1-2H3. The number of benzene rings is 1. The van der Waals surface area contributed by atoms with Gasteiger partial charge in [0.2, 0.25) is 5.91 Å². The molecule has 0 aliphatic carbocycles. The number of hydrogen-bond donors (Lipinski definition) is 2. The molecule has 0 radical (unpaired) electrons. The molecule has 1 aromatic carbocycles. The predicted molar refractivity (Wildman–Crippen MR) is 99.1 cm³/mol. The molecule has 27 heavy (non-hydrogen) atoms. The minimum absolute atomic E-state index is 0.0744. The summed E-state index contributed by atoms with van der Waals surface area (Å²) in [6.45, 7) is 2.56. The Kier molecular flexibility index (Phi) is 5.46. The van der Waals surface area contributed by atoms with Gasteiger partial charge in [0.25, 0.3) is 5.91 Å². The van der Waals surface area contributed by atoms with Crippen LogP contribution < -0.4 is 10.2 Å². The Bertz CT molecular complexity index is 818. The molecule has 1 aromatic rings. The summed E-state index contributed by atoms with van der Waals surface area (Å²) < 4.78 is 4.80. The Morgan fingerprint density at radius 2 is 2.11 bits per heavy atom. The van der Waals surface area contributed by atoms with Gasteiger partial charge < -0.3 is 25.0 Å². The number of amides is 2. The van der Waals surface area contributed by atoms with E-state index in [-0.39, 0.29) is 42.8 Å². The van der Waals surface area contributed by atoms with Crippen molar-refractivity contribution in [3.8, 4) is 0 Å². The first kappa shape index (κ1) is 18.9. The maximum atomic E-state index is 12.7. The van der Waals surface area contributed by atoms with Crippen LogP contribution in [0, 0.1) is 6.92 Å². The van der Waals surface area contributed by atoms with Gasteiger partial charge in [-0.15, -0.1) is 0 Å². The van der Waals surface area contributed by atoms with Crippen LogP contribution in [0.4, 0.5) is 11.4 Å². The van der Waals surface area contributed by atoms with Gasteiger partial charge in [0.05, 0.1) is 25.8 Å². The molecule has 3 rings (SSSR count). The number of esters is 1. The number of methoxy groups -OCH3 is 1. The number of hydrogen-bond acceptors (Lipinski definition) is 6. The van der Waals surface area contributed by atoms with Gasteiger partial charge in [-0.1, -0.05) is 6.07 Å². The number of β-amino-alcohol motifs (C(OH)–C–C–N with tert-alkyl or cyclic N) is 1. The molecule has 144 valence electrons. The molecule has 1 saturated heterocycles. The summed E-state index contributed by atoms with van der Waals surface area (Å²) in [7, 11) is 1.26. The van der Waals surface area contributed by atoms with Crippen molar-refractivity contribution in [2.24, 2.45) is 0 Å². The molecule has 0 unspecified atom stereocenters. The van der Waals surface area contributed by atoms with E-state index >= 15 is 0 Å². The highest BCUT2D eigenvalue weighted by atomic mass is 16.5. The number of aliphatic hydroxyl groups excluding tert-OH is 1. The maximum absolute atomic E-state index is 12.7. The third kappa shape index (κ3) is 3.66. The Balaban J connectivity index is 1.93. The Labute approximate surface area is 157 Å². The Hall–Kier alpha value is -2.87. The molecule has 2 amide bonds. The van der Waals surface area contributed by atoms with Crippen LogP contribution in [-0.2, 0) is 19.1 Å². The smallest absolute Gasteiger partial charge is 0.337 e. The topological polar surface area (TPSA) is 99.2 Å². The molecule has 1 fully saturated rings. The SMILES string of the molecule is COC(=O)C1=C(Nc2cc(N3CCCC3=O)ccc2C)C(=O)N(CCO)C1. The monoisotopic (exact) mass is 373 g/mol. The summed E-state index contributed by atoms with van der Waals surface area (Å²) in [6, 6.07) is 5.54. The van der Waals surface area contributed by atoms with E-state index in [1.165, 1.54) is 12.0 Å². The number of nitrogens with zero attached hydrogens (tertiary/aromatic N) is 2. The van der Waals surface area contributed by atoms with Crippen LogP contribution in [0.5, 0.6) is 0 Å². The van der Waals surface area contributed by atoms with Gasteiger partial charge in [-0.05, 0) is 31.0 Å². The highest BCUT2D eigenvalue weighted by Gasteiger charge is 2.34. The molecule has 0 aromatic heterocycles. The number of carbonyl (C=O) groups excluding carboxylic acids is 3. The van der Waals surface area contributed by atoms with Gasteiger partial charge in [0, 0.05) is 30.9 Å². The van der Waals surface area contributed by atoms with Gasteiger partial charge in [0.1, 0.15) is 5.70 Å². The fourth-order valence-corrected chi connectivity index (χ4v) is 3.32. The van der Waals surface area contributed by atoms with Crippen LogP contribution in [0.1, 0.15) is 18.4 Å². The van der Waals surface area contributed by atoms with Crippen molar-refractivity contribution in [1.29, 1.82) is 0 Å². The van der Waals surface area contributed by atoms with E-state index < -0.39 is 5.97 Å². The first-order valence-electron chi connectivity index (χ1n) is 8.86. The van der Waals surface area contributed by atoms with Crippen molar-refractivity contribution < 1.29 is 24.2 Å². The van der Waals surface area contributed by atoms with Gasteiger partial charge in [-0.2, -0.15) is 0 Å². The molecular weight excluding hydrogens is 350 g/mol. The quantitative estimate of drug-likeness (QED) is 0.716. The average molecular weight is 373 g/mol. The van der Waals surface area contributed by atoms with Crippen LogP contribution >= 0.6 is 0 Å². The fraction of sp³-hybridized carbons (Fsp3) is 0.421. The zero-order chi connectivity index (χ0) is 19.6. The van der Waals surface area contributed by atoms with Crippen LogP contribution in [0.2, 0.25) is 0 Å². The highest BCUT2D eigenvalue weighted by molar-refractivity contribution is 6.08. The lowest BCUT2D eigenvalue weighted by Gasteiger charge is -2.19. The fourth-order valence-electron chi connectivity index (χ4n) is 3.32. The van der Waals surface area contributed by atoms with Gasteiger partial charge in [-0.3, -0.25) is 9.59 Å². The minimum atomic E-state index is -0.588. The molecule has 2 aliphatic heterocycles. The summed E-state index contributed by atoms with van der Waals surface area (Å²) in [5, 5.41) is 12.2. The Morgan fingerprint density at radius 3 is 2.74 bits per heavy atom. The van der Waals surface area contributed by atoms with E-state index in [0.717, 1.165) is 17.7 Å². The summed E-state index contributed by atoms with van der Waals surface area (Å²) in [4.78, 5) is 39.9. The lowest BCUT2D eigenvalue weighted by atomic mass is 10.1. The number of nitrogens with one attached hydrogen (secondary N) is 1. The molecular formula is C19H23N3O5. The van der Waals surface area contributed by atoms with E-state index in [4.69, 9.17) is 9.84 Å². The zero-order valence-electron chi connectivity index (χ0n) is 15.4. The molecule has 2 N–H and O–H groups in total. The first-order valence-corrected chi connectivity index (χ1v) is 8.86. The van der Waals surface area contributed by atoms with Crippen molar-refractivity contribution in [2.75, 3.05) is 43.6 Å². The third-order valence-electron chi connectivity index (χ3n) is 4.82. The first-order chi connectivity index (χ1) is 13.0. The zero-order valence-corrected chi connectivity index (χ0v) is 15.4. The number of anilines is 2. The number of ether oxygens (including phenoxy) is 1. The second-order valence-corrected chi connectivity index (χ2v) is 6.57. The number of aliphatic hydroxyl groups is 1. The third-order valence-corrected chi connectivity index (χ3v) is 4.82. The second-order valence-electron chi connectivity index (χ2n) is 6.57. The maximum Gasteiger partial charge on any atom is 0.337 e. The predicted octanol–water partition coefficient (Wildman–Crippen LogP) is 0.795. The normalized spacial score (nSPS) is 17.1. The van der Waals surface area contributed by atoms with Crippen LogP contribution in [-0.4, -0.2) is 61.1 Å². The number of carbonyl (C=O) groups is 3. The lowest BCUT2D eigenvalue weighted by Crippen LogP contribution is -2.31. The van der Waals surface area contributed by atoms with Crippen molar-refractivity contribution in [3.05, 3.63) is 35.0 Å². The largest absolute Gasteiger partial charge is 0.466 e. The van der Waals surface area contributed by atoms with Gasteiger partial charge in [0.15, 0.2) is 0 Å². The molecule has 0 bridgehead atoms. The number of rotatable bonds is 6. The van der Waals surface area contributed by atoms with E-state index in [2.05, 4.69) is 5.32 Å². The lowest BCUT2D eigenvalue weighted by molar-refractivity contribution is -0.136. The highest BCUT2D eigenvalue weighted by Crippen LogP contribution is 2.29. The molecule has 2 heterocycles. The van der Waals surface area contributed by atoms with E-state index in [0.29, 0.717) is 18.7 Å². The van der Waals surface area contributed by atoms with Crippen molar-refractivity contribution in [2.45, 2.75) is 19.8 Å². The molecule has 0 spiro atoms. The van der Waals surface area contributed by atoms with Crippen LogP contribution in [0.25, 0.3) is 0 Å². The van der Waals surface area contributed by atoms with Crippen LogP contribution in [0.3, 0.4) is 0 Å². The number of aryl methyl sites for hydroxylation is 1. The summed E-state index contributed by atoms with van der Waals surface area (Å²) in [5.41, 5.74) is 2.63. The summed E-state index contributed by atoms with van der Waals surface area (Å²) >= 11 is 0. The Morgan fingerprint density at radius 1 is 1.33 bits per heavy atom. The second kappa shape index (κ2) is 7.79. The summed E-state index contributed by atoms with van der Waals surface area (Å²) in [6.07, 6.45) is 1.35. The van der Waals surface area contributed by atoms with Crippen molar-refractivity contribution in [1.82, 2.24) is 4.90 Å². The van der Waals surface area contributed by atoms with Crippen molar-refractivity contribution in [3.63, 3.8) is 0 Å². The molecule has 0 saturated carbocycles. The van der Waals surface area contributed by atoms with E-state index in [9.17, 15) is 14.4 Å². The average Bonchev–Trinajstić information content (AvgIpc) is 3.21. The molecule has 0 atom stereocenters.